The van der Waals surface area contributed by atoms with Crippen LogP contribution in [0.1, 0.15) is 11.1 Å². The lowest BCUT2D eigenvalue weighted by Gasteiger charge is -2.14. The van der Waals surface area contributed by atoms with E-state index in [4.69, 9.17) is 11.6 Å². The van der Waals surface area contributed by atoms with Crippen molar-refractivity contribution < 1.29 is 0 Å². The van der Waals surface area contributed by atoms with Crippen LogP contribution in [0.25, 0.3) is 0 Å². The first-order chi connectivity index (χ1) is 12.1. The average Bonchev–Trinajstić information content (AvgIpc) is 2.62. The molecule has 0 atom stereocenters. The molecular formula is C19H26ClN5. The molecule has 6 heteroatoms. The average molecular weight is 360 g/mol. The molecule has 0 aliphatic carbocycles. The largest absolute Gasteiger partial charge is 0.378 e. The molecule has 0 spiro atoms. The Balaban J connectivity index is 1.70. The second kappa shape index (κ2) is 9.89. The van der Waals surface area contributed by atoms with Gasteiger partial charge in [-0.1, -0.05) is 29.8 Å². The number of nitrogens with zero attached hydrogens (tertiary/aromatic N) is 3. The van der Waals surface area contributed by atoms with E-state index < -0.39 is 0 Å². The molecule has 1 aromatic heterocycles. The van der Waals surface area contributed by atoms with Crippen LogP contribution in [0.5, 0.6) is 0 Å². The lowest BCUT2D eigenvalue weighted by Crippen LogP contribution is -2.39. The van der Waals surface area contributed by atoms with Gasteiger partial charge in [-0.2, -0.15) is 0 Å². The standard InChI is InChI=1S/C19H26ClN5/c1-21-19(23-13-11-16-6-9-18(20)24-14-16)22-12-10-15-4-7-17(8-5-15)25(2)3/h4-9,14H,10-13H2,1-3H3,(H2,21,22,23). The van der Waals surface area contributed by atoms with Gasteiger partial charge in [0, 0.05) is 46.1 Å². The minimum absolute atomic E-state index is 0.521. The number of benzene rings is 1. The zero-order chi connectivity index (χ0) is 18.1. The van der Waals surface area contributed by atoms with Crippen LogP contribution in [-0.2, 0) is 12.8 Å². The van der Waals surface area contributed by atoms with E-state index >= 15 is 0 Å². The molecule has 0 radical (unpaired) electrons. The first kappa shape index (κ1) is 19.1. The summed E-state index contributed by atoms with van der Waals surface area (Å²) in [5.41, 5.74) is 3.67. The van der Waals surface area contributed by atoms with Gasteiger partial charge in [0.2, 0.25) is 0 Å². The number of anilines is 1. The van der Waals surface area contributed by atoms with Crippen LogP contribution in [-0.4, -0.2) is 45.2 Å². The van der Waals surface area contributed by atoms with E-state index in [-0.39, 0.29) is 0 Å². The van der Waals surface area contributed by atoms with Crippen molar-refractivity contribution in [3.63, 3.8) is 0 Å². The molecule has 0 bridgehead atoms. The Bertz CT molecular complexity index is 665. The summed E-state index contributed by atoms with van der Waals surface area (Å²) in [4.78, 5) is 10.4. The van der Waals surface area contributed by atoms with Gasteiger partial charge in [0.05, 0.1) is 0 Å². The summed E-state index contributed by atoms with van der Waals surface area (Å²) in [7, 11) is 5.88. The molecule has 5 nitrogen and oxygen atoms in total. The van der Waals surface area contributed by atoms with E-state index in [1.165, 1.54) is 11.3 Å². The van der Waals surface area contributed by atoms with Crippen molar-refractivity contribution in [1.82, 2.24) is 15.6 Å². The highest BCUT2D eigenvalue weighted by Crippen LogP contribution is 2.12. The van der Waals surface area contributed by atoms with Crippen molar-refractivity contribution in [2.75, 3.05) is 39.1 Å². The molecule has 0 fully saturated rings. The van der Waals surface area contributed by atoms with Gasteiger partial charge < -0.3 is 15.5 Å². The smallest absolute Gasteiger partial charge is 0.190 e. The second-order valence-corrected chi connectivity index (χ2v) is 6.36. The van der Waals surface area contributed by atoms with Crippen LogP contribution in [0.3, 0.4) is 0 Å². The van der Waals surface area contributed by atoms with Gasteiger partial charge in [0.1, 0.15) is 5.15 Å². The number of hydrogen-bond acceptors (Lipinski definition) is 3. The number of aromatic nitrogens is 1. The third-order valence-electron chi connectivity index (χ3n) is 3.88. The molecule has 1 aromatic carbocycles. The summed E-state index contributed by atoms with van der Waals surface area (Å²) < 4.78 is 0. The fourth-order valence-electron chi connectivity index (χ4n) is 2.39. The predicted molar refractivity (Wildman–Crippen MR) is 107 cm³/mol. The summed E-state index contributed by atoms with van der Waals surface area (Å²) in [5.74, 6) is 0.812. The normalized spacial score (nSPS) is 11.3. The summed E-state index contributed by atoms with van der Waals surface area (Å²) in [6.07, 6.45) is 3.63. The van der Waals surface area contributed by atoms with E-state index in [1.54, 1.807) is 13.2 Å². The number of hydrogen-bond donors (Lipinski definition) is 2. The van der Waals surface area contributed by atoms with Gasteiger partial charge in [-0.3, -0.25) is 4.99 Å². The van der Waals surface area contributed by atoms with Crippen molar-refractivity contribution in [3.8, 4) is 0 Å². The Labute approximate surface area is 155 Å². The molecule has 0 saturated carbocycles. The number of pyridine rings is 1. The number of rotatable bonds is 7. The summed E-state index contributed by atoms with van der Waals surface area (Å²) >= 11 is 5.79. The van der Waals surface area contributed by atoms with E-state index in [0.29, 0.717) is 5.15 Å². The third kappa shape index (κ3) is 6.63. The van der Waals surface area contributed by atoms with Crippen LogP contribution in [0.15, 0.2) is 47.6 Å². The Morgan fingerprint density at radius 2 is 1.60 bits per heavy atom. The molecule has 2 rings (SSSR count). The van der Waals surface area contributed by atoms with Crippen LogP contribution in [0, 0.1) is 0 Å². The highest BCUT2D eigenvalue weighted by molar-refractivity contribution is 6.29. The van der Waals surface area contributed by atoms with E-state index in [0.717, 1.165) is 37.5 Å². The molecular weight excluding hydrogens is 334 g/mol. The zero-order valence-electron chi connectivity index (χ0n) is 15.1. The lowest BCUT2D eigenvalue weighted by molar-refractivity contribution is 0.783. The van der Waals surface area contributed by atoms with Gasteiger partial charge in [-0.05, 0) is 42.2 Å². The minimum atomic E-state index is 0.521. The molecule has 0 saturated heterocycles. The van der Waals surface area contributed by atoms with Gasteiger partial charge in [-0.25, -0.2) is 4.98 Å². The van der Waals surface area contributed by atoms with Gasteiger partial charge in [-0.15, -0.1) is 0 Å². The number of aliphatic imine (C=N–C) groups is 1. The van der Waals surface area contributed by atoms with E-state index in [1.807, 2.05) is 26.2 Å². The van der Waals surface area contributed by atoms with Crippen LogP contribution >= 0.6 is 11.6 Å². The van der Waals surface area contributed by atoms with Crippen LogP contribution in [0.4, 0.5) is 5.69 Å². The predicted octanol–water partition coefficient (Wildman–Crippen LogP) is 2.75. The Morgan fingerprint density at radius 3 is 2.12 bits per heavy atom. The van der Waals surface area contributed by atoms with Gasteiger partial charge in [0.25, 0.3) is 0 Å². The quantitative estimate of drug-likeness (QED) is 0.453. The van der Waals surface area contributed by atoms with Gasteiger partial charge >= 0.3 is 0 Å². The molecule has 134 valence electrons. The molecule has 0 unspecified atom stereocenters. The number of halogens is 1. The van der Waals surface area contributed by atoms with Crippen molar-refractivity contribution in [2.24, 2.45) is 4.99 Å². The summed E-state index contributed by atoms with van der Waals surface area (Å²) in [5, 5.41) is 7.18. The molecule has 2 aromatic rings. The Hall–Kier alpha value is -2.27. The number of nitrogens with one attached hydrogen (secondary N) is 2. The van der Waals surface area contributed by atoms with Gasteiger partial charge in [0.15, 0.2) is 5.96 Å². The third-order valence-corrected chi connectivity index (χ3v) is 4.10. The first-order valence-electron chi connectivity index (χ1n) is 8.39. The maximum atomic E-state index is 5.79. The molecule has 25 heavy (non-hydrogen) atoms. The summed E-state index contributed by atoms with van der Waals surface area (Å²) in [6, 6.07) is 12.4. The molecule has 0 aliphatic rings. The lowest BCUT2D eigenvalue weighted by atomic mass is 10.1. The highest BCUT2D eigenvalue weighted by Gasteiger charge is 2.00. The fourth-order valence-corrected chi connectivity index (χ4v) is 2.50. The summed E-state index contributed by atoms with van der Waals surface area (Å²) in [6.45, 7) is 1.63. The van der Waals surface area contributed by atoms with Crippen LogP contribution < -0.4 is 15.5 Å². The van der Waals surface area contributed by atoms with E-state index in [2.05, 4.69) is 49.8 Å². The van der Waals surface area contributed by atoms with Crippen molar-refractivity contribution in [3.05, 3.63) is 58.9 Å². The number of guanidine groups is 1. The monoisotopic (exact) mass is 359 g/mol. The Morgan fingerprint density at radius 1 is 1.00 bits per heavy atom. The van der Waals surface area contributed by atoms with Crippen LogP contribution in [0.2, 0.25) is 5.15 Å². The SMILES string of the molecule is CN=C(NCCc1ccc(N(C)C)cc1)NCCc1ccc(Cl)nc1. The van der Waals surface area contributed by atoms with Crippen molar-refractivity contribution in [1.29, 1.82) is 0 Å². The fraction of sp³-hybridized carbons (Fsp3) is 0.368. The molecule has 2 N–H and O–H groups in total. The maximum absolute atomic E-state index is 5.79. The highest BCUT2D eigenvalue weighted by atomic mass is 35.5. The second-order valence-electron chi connectivity index (χ2n) is 5.98. The van der Waals surface area contributed by atoms with Crippen molar-refractivity contribution >= 4 is 23.2 Å². The van der Waals surface area contributed by atoms with E-state index in [9.17, 15) is 0 Å². The molecule has 0 aliphatic heterocycles. The topological polar surface area (TPSA) is 52.6 Å². The molecule has 0 amide bonds. The zero-order valence-corrected chi connectivity index (χ0v) is 15.8. The van der Waals surface area contributed by atoms with Crippen molar-refractivity contribution in [2.45, 2.75) is 12.8 Å². The Kier molecular flexibility index (Phi) is 7.54. The molecule has 1 heterocycles. The minimum Gasteiger partial charge on any atom is -0.378 e. The first-order valence-corrected chi connectivity index (χ1v) is 8.77. The maximum Gasteiger partial charge on any atom is 0.190 e.